The molecule has 0 radical (unpaired) electrons. The molecule has 0 aromatic carbocycles. The maximum absolute atomic E-state index is 7.09. The predicted molar refractivity (Wildman–Crippen MR) is 62.2 cm³/mol. The number of anilines is 1. The Morgan fingerprint density at radius 1 is 1.67 bits per heavy atom. The molecule has 2 rings (SSSR count). The molecule has 0 amide bonds. The average Bonchev–Trinajstić information content (AvgIpc) is 2.72. The lowest BCUT2D eigenvalue weighted by Crippen LogP contribution is -2.20. The molecule has 2 heterocycles. The van der Waals surface area contributed by atoms with E-state index in [1.54, 1.807) is 0 Å². The van der Waals surface area contributed by atoms with E-state index in [1.807, 2.05) is 24.6 Å². The maximum Gasteiger partial charge on any atom is 0.192 e. The summed E-state index contributed by atoms with van der Waals surface area (Å²) in [7, 11) is 0. The van der Waals surface area contributed by atoms with Gasteiger partial charge < -0.3 is 16.0 Å². The molecular formula is C9H11N5S. The molecule has 0 saturated heterocycles. The van der Waals surface area contributed by atoms with Crippen molar-refractivity contribution < 1.29 is 0 Å². The zero-order valence-electron chi connectivity index (χ0n) is 8.16. The van der Waals surface area contributed by atoms with Gasteiger partial charge in [0.1, 0.15) is 0 Å². The molecule has 5 nitrogen and oxygen atoms in total. The van der Waals surface area contributed by atoms with E-state index in [0.717, 1.165) is 17.0 Å². The van der Waals surface area contributed by atoms with Gasteiger partial charge in [0.15, 0.2) is 11.1 Å². The van der Waals surface area contributed by atoms with Crippen molar-refractivity contribution in [3.8, 4) is 11.3 Å². The van der Waals surface area contributed by atoms with Crippen molar-refractivity contribution in [2.45, 2.75) is 6.92 Å². The standard InChI is InChI=1S/C9H11N5S/c1-5-6(2-3-12-5)7-4-15-9(13-7)14-8(10)11/h2-4,12H,1H3,(H4,10,11,13,14). The molecule has 0 unspecified atom stereocenters. The Kier molecular flexibility index (Phi) is 2.42. The quantitative estimate of drug-likeness (QED) is 0.460. The smallest absolute Gasteiger partial charge is 0.192 e. The van der Waals surface area contributed by atoms with Crippen LogP contribution in [0.4, 0.5) is 5.13 Å². The molecule has 0 aliphatic rings. The highest BCUT2D eigenvalue weighted by Crippen LogP contribution is 2.26. The SMILES string of the molecule is Cc1[nH]ccc1-c1csc(NC(=N)N)n1. The highest BCUT2D eigenvalue weighted by atomic mass is 32.1. The van der Waals surface area contributed by atoms with Gasteiger partial charge in [0.2, 0.25) is 0 Å². The van der Waals surface area contributed by atoms with Crippen molar-refractivity contribution in [2.75, 3.05) is 5.32 Å². The van der Waals surface area contributed by atoms with Crippen molar-refractivity contribution in [1.29, 1.82) is 5.41 Å². The van der Waals surface area contributed by atoms with E-state index in [0.29, 0.717) is 5.13 Å². The highest BCUT2D eigenvalue weighted by molar-refractivity contribution is 7.14. The lowest BCUT2D eigenvalue weighted by molar-refractivity contribution is 1.26. The van der Waals surface area contributed by atoms with Crippen LogP contribution < -0.4 is 11.1 Å². The number of nitrogens with zero attached hydrogens (tertiary/aromatic N) is 1. The summed E-state index contributed by atoms with van der Waals surface area (Å²) >= 11 is 1.43. The largest absolute Gasteiger partial charge is 0.370 e. The molecule has 15 heavy (non-hydrogen) atoms. The molecule has 0 aliphatic carbocycles. The number of aromatic nitrogens is 2. The minimum atomic E-state index is -0.0957. The monoisotopic (exact) mass is 221 g/mol. The van der Waals surface area contributed by atoms with Crippen LogP contribution in [0.15, 0.2) is 17.6 Å². The van der Waals surface area contributed by atoms with Gasteiger partial charge in [-0.2, -0.15) is 0 Å². The van der Waals surface area contributed by atoms with E-state index in [2.05, 4.69) is 15.3 Å². The number of nitrogens with one attached hydrogen (secondary N) is 3. The molecule has 2 aromatic heterocycles. The third-order valence-corrected chi connectivity index (χ3v) is 2.73. The number of hydrogen-bond donors (Lipinski definition) is 4. The average molecular weight is 221 g/mol. The van der Waals surface area contributed by atoms with Crippen LogP contribution in [0, 0.1) is 12.3 Å². The minimum Gasteiger partial charge on any atom is -0.370 e. The molecule has 0 spiro atoms. The lowest BCUT2D eigenvalue weighted by Gasteiger charge is -1.96. The molecule has 2 aromatic rings. The fourth-order valence-electron chi connectivity index (χ4n) is 1.30. The summed E-state index contributed by atoms with van der Waals surface area (Å²) in [6.07, 6.45) is 1.88. The first-order valence-electron chi connectivity index (χ1n) is 4.38. The number of H-pyrrole nitrogens is 1. The minimum absolute atomic E-state index is 0.0957. The number of nitrogens with two attached hydrogens (primary N) is 1. The summed E-state index contributed by atoms with van der Waals surface area (Å²) in [6.45, 7) is 1.99. The van der Waals surface area contributed by atoms with Crippen molar-refractivity contribution in [1.82, 2.24) is 9.97 Å². The summed E-state index contributed by atoms with van der Waals surface area (Å²) in [5, 5.41) is 12.3. The van der Waals surface area contributed by atoms with Crippen LogP contribution in [0.1, 0.15) is 5.69 Å². The maximum atomic E-state index is 7.09. The molecule has 5 N–H and O–H groups in total. The van der Waals surface area contributed by atoms with Crippen molar-refractivity contribution in [3.05, 3.63) is 23.3 Å². The summed E-state index contributed by atoms with van der Waals surface area (Å²) in [5.41, 5.74) is 8.26. The van der Waals surface area contributed by atoms with Gasteiger partial charge in [-0.1, -0.05) is 0 Å². The van der Waals surface area contributed by atoms with Crippen molar-refractivity contribution >= 4 is 22.4 Å². The summed E-state index contributed by atoms with van der Waals surface area (Å²) in [4.78, 5) is 7.41. The first-order chi connectivity index (χ1) is 7.16. The Labute approximate surface area is 90.9 Å². The van der Waals surface area contributed by atoms with Gasteiger partial charge in [-0.25, -0.2) is 4.98 Å². The highest BCUT2D eigenvalue weighted by Gasteiger charge is 2.07. The predicted octanol–water partition coefficient (Wildman–Crippen LogP) is 1.75. The van der Waals surface area contributed by atoms with Crippen LogP contribution in [-0.4, -0.2) is 15.9 Å². The molecular weight excluding hydrogens is 210 g/mol. The van der Waals surface area contributed by atoms with Gasteiger partial charge in [0.25, 0.3) is 0 Å². The lowest BCUT2D eigenvalue weighted by atomic mass is 10.2. The fraction of sp³-hybridized carbons (Fsp3) is 0.111. The van der Waals surface area contributed by atoms with E-state index in [1.165, 1.54) is 11.3 Å². The Bertz CT molecular complexity index is 484. The van der Waals surface area contributed by atoms with Crippen LogP contribution in [0.25, 0.3) is 11.3 Å². The van der Waals surface area contributed by atoms with E-state index >= 15 is 0 Å². The zero-order chi connectivity index (χ0) is 10.8. The van der Waals surface area contributed by atoms with Gasteiger partial charge in [0.05, 0.1) is 5.69 Å². The molecule has 0 saturated carbocycles. The third-order valence-electron chi connectivity index (χ3n) is 1.98. The molecule has 0 fully saturated rings. The first-order valence-corrected chi connectivity index (χ1v) is 5.25. The van der Waals surface area contributed by atoms with Crippen LogP contribution in [0.3, 0.4) is 0 Å². The van der Waals surface area contributed by atoms with Crippen LogP contribution in [0.5, 0.6) is 0 Å². The second-order valence-corrected chi connectivity index (χ2v) is 3.95. The van der Waals surface area contributed by atoms with Crippen LogP contribution in [-0.2, 0) is 0 Å². The molecule has 0 atom stereocenters. The Balaban J connectivity index is 2.28. The van der Waals surface area contributed by atoms with E-state index < -0.39 is 0 Å². The zero-order valence-corrected chi connectivity index (χ0v) is 8.98. The second kappa shape index (κ2) is 3.74. The van der Waals surface area contributed by atoms with E-state index in [9.17, 15) is 0 Å². The third kappa shape index (κ3) is 1.99. The van der Waals surface area contributed by atoms with Crippen molar-refractivity contribution in [3.63, 3.8) is 0 Å². The van der Waals surface area contributed by atoms with Gasteiger partial charge in [-0.15, -0.1) is 11.3 Å². The Hall–Kier alpha value is -1.82. The van der Waals surface area contributed by atoms with Gasteiger partial charge in [-0.05, 0) is 13.0 Å². The second-order valence-electron chi connectivity index (χ2n) is 3.09. The van der Waals surface area contributed by atoms with Crippen LogP contribution >= 0.6 is 11.3 Å². The topological polar surface area (TPSA) is 90.6 Å². The number of hydrogen-bond acceptors (Lipinski definition) is 3. The van der Waals surface area contributed by atoms with Crippen LogP contribution in [0.2, 0.25) is 0 Å². The normalized spacial score (nSPS) is 10.2. The van der Waals surface area contributed by atoms with Crippen molar-refractivity contribution in [2.24, 2.45) is 5.73 Å². The Morgan fingerprint density at radius 3 is 3.07 bits per heavy atom. The van der Waals surface area contributed by atoms with E-state index in [-0.39, 0.29) is 5.96 Å². The summed E-state index contributed by atoms with van der Waals surface area (Å²) in [5.74, 6) is -0.0957. The molecule has 6 heteroatoms. The Morgan fingerprint density at radius 2 is 2.47 bits per heavy atom. The fourth-order valence-corrected chi connectivity index (χ4v) is 2.02. The first kappa shape index (κ1) is 9.72. The van der Waals surface area contributed by atoms with E-state index in [4.69, 9.17) is 11.1 Å². The van der Waals surface area contributed by atoms with Gasteiger partial charge in [0, 0.05) is 22.8 Å². The number of thiazole rings is 1. The summed E-state index contributed by atoms with van der Waals surface area (Å²) < 4.78 is 0. The molecule has 78 valence electrons. The summed E-state index contributed by atoms with van der Waals surface area (Å²) in [6, 6.07) is 1.97. The molecule has 0 aliphatic heterocycles. The number of guanidine groups is 1. The molecule has 0 bridgehead atoms. The van der Waals surface area contributed by atoms with Gasteiger partial charge in [-0.3, -0.25) is 5.41 Å². The number of aryl methyl sites for hydroxylation is 1. The number of rotatable bonds is 2. The number of aromatic amines is 1. The van der Waals surface area contributed by atoms with Gasteiger partial charge >= 0.3 is 0 Å².